The summed E-state index contributed by atoms with van der Waals surface area (Å²) >= 11 is 0. The zero-order valence-corrected chi connectivity index (χ0v) is 30.7. The van der Waals surface area contributed by atoms with Crippen LogP contribution >= 0.6 is 0 Å². The number of rotatable bonds is 18. The van der Waals surface area contributed by atoms with Crippen molar-refractivity contribution in [1.82, 2.24) is 5.32 Å². The molecule has 0 aromatic heterocycles. The summed E-state index contributed by atoms with van der Waals surface area (Å²) in [6.07, 6.45) is -4.11. The van der Waals surface area contributed by atoms with Gasteiger partial charge in [0.05, 0.1) is 18.8 Å². The molecule has 3 aliphatic rings. The fourth-order valence-electron chi connectivity index (χ4n) is 6.40. The number of aliphatic hydroxyl groups is 7. The van der Waals surface area contributed by atoms with Gasteiger partial charge in [0, 0.05) is 38.2 Å². The molecule has 2 aliphatic heterocycles. The second-order valence-electron chi connectivity index (χ2n) is 14.3. The largest absolute Gasteiger partial charge is 0.394 e. The first kappa shape index (κ1) is 44.2. The van der Waals surface area contributed by atoms with Gasteiger partial charge < -0.3 is 71.5 Å². The summed E-state index contributed by atoms with van der Waals surface area (Å²) in [4.78, 5) is 17.3. The van der Waals surface area contributed by atoms with Gasteiger partial charge in [0.1, 0.15) is 54.9 Å². The quantitative estimate of drug-likeness (QED) is 0.0585. The van der Waals surface area contributed by atoms with E-state index in [0.29, 0.717) is 0 Å². The molecular formula is C36H62N4O12. The Kier molecular flexibility index (Phi) is 18.4. The van der Waals surface area contributed by atoms with Crippen LogP contribution in [0.5, 0.6) is 0 Å². The van der Waals surface area contributed by atoms with E-state index in [1.54, 1.807) is 6.21 Å². The predicted molar refractivity (Wildman–Crippen MR) is 192 cm³/mol. The lowest BCUT2D eigenvalue weighted by atomic mass is 9.83. The molecule has 1 saturated carbocycles. The highest BCUT2D eigenvalue weighted by atomic mass is 16.7. The molecule has 0 radical (unpaired) electrons. The minimum atomic E-state index is -1.61. The summed E-state index contributed by atoms with van der Waals surface area (Å²) in [5, 5.41) is 75.5. The fraction of sp³-hybridized carbons (Fsp3) is 0.778. The number of carbonyl (C=O) groups is 1. The Morgan fingerprint density at radius 3 is 2.25 bits per heavy atom. The number of hydrogen-bond donors (Lipinski definition) is 10. The molecule has 3 fully saturated rings. The maximum atomic E-state index is 13.0. The highest BCUT2D eigenvalue weighted by Crippen LogP contribution is 2.32. The van der Waals surface area contributed by atoms with Crippen LogP contribution in [0.3, 0.4) is 0 Å². The molecule has 52 heavy (non-hydrogen) atoms. The van der Waals surface area contributed by atoms with Gasteiger partial charge in [-0.15, -0.1) is 0 Å². The molecule has 0 spiro atoms. The average Bonchev–Trinajstić information content (AvgIpc) is 3.37. The number of ether oxygens (including phenoxy) is 4. The van der Waals surface area contributed by atoms with Gasteiger partial charge in [-0.25, -0.2) is 0 Å². The van der Waals surface area contributed by atoms with Gasteiger partial charge in [0.25, 0.3) is 0 Å². The van der Waals surface area contributed by atoms with Crippen molar-refractivity contribution in [1.29, 1.82) is 0 Å². The van der Waals surface area contributed by atoms with Gasteiger partial charge >= 0.3 is 0 Å². The monoisotopic (exact) mass is 742 g/mol. The summed E-state index contributed by atoms with van der Waals surface area (Å²) in [6.45, 7) is 7.80. The van der Waals surface area contributed by atoms with Crippen LogP contribution in [0.15, 0.2) is 39.9 Å². The molecule has 2 heterocycles. The van der Waals surface area contributed by atoms with Crippen LogP contribution in [0, 0.1) is 0 Å². The van der Waals surface area contributed by atoms with Crippen LogP contribution in [-0.4, -0.2) is 153 Å². The maximum absolute atomic E-state index is 13.0. The van der Waals surface area contributed by atoms with Gasteiger partial charge in [-0.3, -0.25) is 9.79 Å². The molecular weight excluding hydrogens is 680 g/mol. The minimum absolute atomic E-state index is 0.0153. The summed E-state index contributed by atoms with van der Waals surface area (Å²) in [7, 11) is 0. The molecule has 1 aliphatic carbocycles. The first-order valence-electron chi connectivity index (χ1n) is 18.2. The van der Waals surface area contributed by atoms with Crippen LogP contribution in [-0.2, 0) is 23.7 Å². The summed E-state index contributed by atoms with van der Waals surface area (Å²) in [5.74, 6) is -0.769. The van der Waals surface area contributed by atoms with Gasteiger partial charge in [0.15, 0.2) is 12.6 Å². The van der Waals surface area contributed by atoms with E-state index in [1.165, 1.54) is 11.1 Å². The van der Waals surface area contributed by atoms with E-state index < -0.39 is 98.2 Å². The van der Waals surface area contributed by atoms with Crippen LogP contribution in [0.4, 0.5) is 0 Å². The van der Waals surface area contributed by atoms with Gasteiger partial charge in [0.2, 0.25) is 5.91 Å². The van der Waals surface area contributed by atoms with Gasteiger partial charge in [-0.2, -0.15) is 0 Å². The number of nitrogens with one attached hydrogen (secondary N) is 1. The van der Waals surface area contributed by atoms with E-state index in [0.717, 1.165) is 31.3 Å². The molecule has 3 rings (SSSR count). The summed E-state index contributed by atoms with van der Waals surface area (Å²) in [6, 6.07) is -1.98. The number of allylic oxidation sites excluding steroid dienone is 6. The Morgan fingerprint density at radius 2 is 1.60 bits per heavy atom. The Labute approximate surface area is 306 Å². The Bertz CT molecular complexity index is 1230. The predicted octanol–water partition coefficient (Wildman–Crippen LogP) is -1.19. The Balaban J connectivity index is 1.58. The van der Waals surface area contributed by atoms with Gasteiger partial charge in [-0.05, 0) is 65.9 Å². The standard InChI is InChI=1S/C36H62N4O12/c1-19(2)7-5-8-20(3)9-6-10-21(4)11-13-39-14-12-24(42)35(48)40-23-15-22(38)33(51-28-16-25(43)30(45)26(17-37)49-28)34(29(23)44)52-36-32(47)31(46)27(18-41)50-36/h7,9,11,13,22-34,36,41-47H,5-6,8,10,12,14-18,37-38H2,1-4H3,(H,40,48)/b20-9+,21-11+,39-13?. The highest BCUT2D eigenvalue weighted by molar-refractivity contribution is 5.81. The molecule has 14 atom stereocenters. The molecule has 12 N–H and O–H groups in total. The molecule has 16 nitrogen and oxygen atoms in total. The van der Waals surface area contributed by atoms with E-state index in [9.17, 15) is 40.5 Å². The first-order valence-corrected chi connectivity index (χ1v) is 18.2. The van der Waals surface area contributed by atoms with Crippen molar-refractivity contribution in [2.75, 3.05) is 19.7 Å². The van der Waals surface area contributed by atoms with Crippen LogP contribution in [0.1, 0.15) is 72.6 Å². The van der Waals surface area contributed by atoms with Crippen molar-refractivity contribution in [2.24, 2.45) is 16.5 Å². The number of nitrogens with zero attached hydrogens (tertiary/aromatic N) is 1. The third-order valence-corrected chi connectivity index (χ3v) is 9.64. The van der Waals surface area contributed by atoms with E-state index in [-0.39, 0.29) is 32.4 Å². The van der Waals surface area contributed by atoms with Crippen molar-refractivity contribution in [3.05, 3.63) is 34.9 Å². The molecule has 14 unspecified atom stereocenters. The average molecular weight is 743 g/mol. The van der Waals surface area contributed by atoms with E-state index in [2.05, 4.69) is 43.2 Å². The number of nitrogens with two attached hydrogens (primary N) is 2. The molecule has 16 heteroatoms. The highest BCUT2D eigenvalue weighted by Gasteiger charge is 2.52. The second kappa shape index (κ2) is 21.7. The topological polar surface area (TPSA) is 272 Å². The molecule has 0 aromatic carbocycles. The third-order valence-electron chi connectivity index (χ3n) is 9.64. The van der Waals surface area contributed by atoms with Crippen molar-refractivity contribution in [3.8, 4) is 0 Å². The summed E-state index contributed by atoms with van der Waals surface area (Å²) in [5.41, 5.74) is 16.0. The number of aliphatic hydroxyl groups excluding tert-OH is 7. The number of amides is 1. The second-order valence-corrected chi connectivity index (χ2v) is 14.3. The number of carbonyl (C=O) groups excluding carboxylic acids is 1. The normalized spacial score (nSPS) is 36.6. The van der Waals surface area contributed by atoms with Crippen LogP contribution < -0.4 is 16.8 Å². The maximum Gasteiger partial charge on any atom is 0.249 e. The molecule has 298 valence electrons. The number of hydrogen-bond acceptors (Lipinski definition) is 15. The van der Waals surface area contributed by atoms with Crippen molar-refractivity contribution < 1.29 is 59.5 Å². The van der Waals surface area contributed by atoms with E-state index in [4.69, 9.17) is 30.4 Å². The lowest BCUT2D eigenvalue weighted by Gasteiger charge is -2.46. The molecule has 1 amide bonds. The summed E-state index contributed by atoms with van der Waals surface area (Å²) < 4.78 is 23.1. The zero-order valence-electron chi connectivity index (χ0n) is 30.7. The molecule has 0 bridgehead atoms. The molecule has 0 aromatic rings. The fourth-order valence-corrected chi connectivity index (χ4v) is 6.40. The van der Waals surface area contributed by atoms with E-state index >= 15 is 0 Å². The smallest absolute Gasteiger partial charge is 0.249 e. The van der Waals surface area contributed by atoms with E-state index in [1.807, 2.05) is 13.0 Å². The minimum Gasteiger partial charge on any atom is -0.394 e. The lowest BCUT2D eigenvalue weighted by Crippen LogP contribution is -2.66. The van der Waals surface area contributed by atoms with Crippen LogP contribution in [0.25, 0.3) is 0 Å². The first-order chi connectivity index (χ1) is 24.7. The third kappa shape index (κ3) is 13.0. The Hall–Kier alpha value is -2.16. The zero-order chi connectivity index (χ0) is 38.5. The van der Waals surface area contributed by atoms with Crippen LogP contribution in [0.2, 0.25) is 0 Å². The van der Waals surface area contributed by atoms with Crippen molar-refractivity contribution in [3.63, 3.8) is 0 Å². The van der Waals surface area contributed by atoms with Crippen molar-refractivity contribution >= 4 is 12.1 Å². The number of aliphatic imine (C=N–C) groups is 1. The lowest BCUT2D eigenvalue weighted by molar-refractivity contribution is -0.302. The molecule has 2 saturated heterocycles. The Morgan fingerprint density at radius 1 is 0.904 bits per heavy atom. The van der Waals surface area contributed by atoms with Crippen molar-refractivity contribution in [2.45, 2.75) is 158 Å². The van der Waals surface area contributed by atoms with Gasteiger partial charge in [-0.1, -0.05) is 28.9 Å². The SMILES string of the molecule is CC(C)=CCC/C(C)=C/CC/C(C)=C/C=NCCC(O)C(=O)NC1CC(N)C(OC2CC(O)C(O)C(CN)O2)C(OC2OC(CO)C(O)C2O)C1O.